The molecule has 0 radical (unpaired) electrons. The number of alkyl halides is 3. The summed E-state index contributed by atoms with van der Waals surface area (Å²) >= 11 is 0. The predicted octanol–water partition coefficient (Wildman–Crippen LogP) is 6.86. The Kier molecular flexibility index (Phi) is 6.09. The van der Waals surface area contributed by atoms with Gasteiger partial charge in [-0.05, 0) is 24.1 Å². The molecular formula is C24H20F3N. The molecule has 28 heavy (non-hydrogen) atoms. The van der Waals surface area contributed by atoms with E-state index in [4.69, 9.17) is 4.99 Å². The third-order valence-corrected chi connectivity index (χ3v) is 4.39. The van der Waals surface area contributed by atoms with Gasteiger partial charge in [0.25, 0.3) is 0 Å². The van der Waals surface area contributed by atoms with Gasteiger partial charge in [0.15, 0.2) is 0 Å². The van der Waals surface area contributed by atoms with Crippen LogP contribution in [0.15, 0.2) is 103 Å². The van der Waals surface area contributed by atoms with Gasteiger partial charge >= 0.3 is 6.18 Å². The first-order valence-electron chi connectivity index (χ1n) is 8.95. The Morgan fingerprint density at radius 2 is 1.32 bits per heavy atom. The van der Waals surface area contributed by atoms with Gasteiger partial charge in [0.05, 0.1) is 17.3 Å². The van der Waals surface area contributed by atoms with Crippen molar-refractivity contribution in [3.05, 3.63) is 120 Å². The molecule has 142 valence electrons. The Hall–Kier alpha value is -3.14. The zero-order valence-electron chi connectivity index (χ0n) is 15.2. The molecule has 0 aliphatic rings. The lowest BCUT2D eigenvalue weighted by atomic mass is 9.99. The molecule has 0 unspecified atom stereocenters. The molecule has 0 aliphatic heterocycles. The van der Waals surface area contributed by atoms with E-state index in [1.807, 2.05) is 60.7 Å². The summed E-state index contributed by atoms with van der Waals surface area (Å²) in [7, 11) is 0. The molecule has 0 fully saturated rings. The summed E-state index contributed by atoms with van der Waals surface area (Å²) in [4.78, 5) is 4.93. The second-order valence-corrected chi connectivity index (χ2v) is 6.37. The van der Waals surface area contributed by atoms with Crippen molar-refractivity contribution in [2.45, 2.75) is 18.6 Å². The van der Waals surface area contributed by atoms with Crippen LogP contribution in [-0.4, -0.2) is 5.71 Å². The molecule has 0 aliphatic carbocycles. The molecule has 0 saturated heterocycles. The van der Waals surface area contributed by atoms with Crippen molar-refractivity contribution >= 4 is 5.71 Å². The molecule has 3 rings (SSSR count). The van der Waals surface area contributed by atoms with Crippen molar-refractivity contribution in [1.82, 2.24) is 0 Å². The summed E-state index contributed by atoms with van der Waals surface area (Å²) < 4.78 is 38.6. The SMILES string of the molecule is C=CC[C@@H](N=C(c1ccccc1)c1ccccc1)c1ccc(C(F)(F)F)cc1. The smallest absolute Gasteiger partial charge is 0.276 e. The van der Waals surface area contributed by atoms with Gasteiger partial charge in [0, 0.05) is 11.1 Å². The van der Waals surface area contributed by atoms with Crippen molar-refractivity contribution in [3.8, 4) is 0 Å². The van der Waals surface area contributed by atoms with Crippen LogP contribution in [0.1, 0.15) is 34.7 Å². The Labute approximate surface area is 162 Å². The lowest BCUT2D eigenvalue weighted by Crippen LogP contribution is -2.08. The van der Waals surface area contributed by atoms with Crippen LogP contribution in [0.4, 0.5) is 13.2 Å². The quantitative estimate of drug-likeness (QED) is 0.328. The van der Waals surface area contributed by atoms with E-state index in [1.165, 1.54) is 12.1 Å². The highest BCUT2D eigenvalue weighted by Gasteiger charge is 2.30. The van der Waals surface area contributed by atoms with E-state index in [-0.39, 0.29) is 6.04 Å². The molecule has 0 N–H and O–H groups in total. The van der Waals surface area contributed by atoms with Crippen LogP contribution in [0.3, 0.4) is 0 Å². The standard InChI is InChI=1S/C24H20F3N/c1-2-9-22(18-14-16-21(17-15-18)24(25,26)27)28-23(19-10-5-3-6-11-19)20-12-7-4-8-13-20/h2-8,10-17,22H,1,9H2/t22-/m1/s1. The van der Waals surface area contributed by atoms with E-state index in [1.54, 1.807) is 6.08 Å². The maximum Gasteiger partial charge on any atom is 0.416 e. The number of aliphatic imine (C=N–C) groups is 1. The van der Waals surface area contributed by atoms with E-state index in [9.17, 15) is 13.2 Å². The molecule has 4 heteroatoms. The fraction of sp³-hybridized carbons (Fsp3) is 0.125. The Balaban J connectivity index is 2.05. The average molecular weight is 379 g/mol. The minimum absolute atomic E-state index is 0.324. The number of nitrogens with zero attached hydrogens (tertiary/aromatic N) is 1. The number of rotatable bonds is 6. The third kappa shape index (κ3) is 4.77. The average Bonchev–Trinajstić information content (AvgIpc) is 2.72. The second kappa shape index (κ2) is 8.70. The van der Waals surface area contributed by atoms with Crippen molar-refractivity contribution in [1.29, 1.82) is 0 Å². The van der Waals surface area contributed by atoms with Gasteiger partial charge < -0.3 is 0 Å². The van der Waals surface area contributed by atoms with E-state index in [2.05, 4.69) is 6.58 Å². The maximum absolute atomic E-state index is 12.9. The van der Waals surface area contributed by atoms with Crippen molar-refractivity contribution in [3.63, 3.8) is 0 Å². The lowest BCUT2D eigenvalue weighted by Gasteiger charge is -2.16. The largest absolute Gasteiger partial charge is 0.416 e. The molecular weight excluding hydrogens is 359 g/mol. The lowest BCUT2D eigenvalue weighted by molar-refractivity contribution is -0.137. The fourth-order valence-electron chi connectivity index (χ4n) is 2.98. The fourth-order valence-corrected chi connectivity index (χ4v) is 2.98. The first-order chi connectivity index (χ1) is 13.5. The number of hydrogen-bond acceptors (Lipinski definition) is 1. The zero-order valence-corrected chi connectivity index (χ0v) is 15.2. The highest BCUT2D eigenvalue weighted by molar-refractivity contribution is 6.13. The molecule has 0 bridgehead atoms. The van der Waals surface area contributed by atoms with Gasteiger partial charge in [-0.15, -0.1) is 6.58 Å². The summed E-state index contributed by atoms with van der Waals surface area (Å²) in [5, 5.41) is 0. The molecule has 0 heterocycles. The molecule has 0 spiro atoms. The molecule has 0 amide bonds. The van der Waals surface area contributed by atoms with Crippen molar-refractivity contribution < 1.29 is 13.2 Å². The molecule has 3 aromatic rings. The zero-order chi connectivity index (χ0) is 20.0. The number of halogens is 3. The summed E-state index contributed by atoms with van der Waals surface area (Å²) in [6.07, 6.45) is -2.09. The Morgan fingerprint density at radius 3 is 1.75 bits per heavy atom. The summed E-state index contributed by atoms with van der Waals surface area (Å²) in [6.45, 7) is 3.79. The van der Waals surface area contributed by atoms with Gasteiger partial charge in [0.2, 0.25) is 0 Å². The second-order valence-electron chi connectivity index (χ2n) is 6.37. The van der Waals surface area contributed by atoms with Gasteiger partial charge in [-0.3, -0.25) is 4.99 Å². The van der Waals surface area contributed by atoms with Crippen LogP contribution in [0.25, 0.3) is 0 Å². The van der Waals surface area contributed by atoms with Crippen LogP contribution >= 0.6 is 0 Å². The summed E-state index contributed by atoms with van der Waals surface area (Å²) in [5.74, 6) is 0. The van der Waals surface area contributed by atoms with Crippen LogP contribution in [0, 0.1) is 0 Å². The van der Waals surface area contributed by atoms with Gasteiger partial charge in [0.1, 0.15) is 0 Å². The summed E-state index contributed by atoms with van der Waals surface area (Å²) in [5.41, 5.74) is 2.76. The number of hydrogen-bond donors (Lipinski definition) is 0. The normalized spacial score (nSPS) is 12.2. The van der Waals surface area contributed by atoms with Gasteiger partial charge in [-0.1, -0.05) is 78.9 Å². The Bertz CT molecular complexity index is 886. The topological polar surface area (TPSA) is 12.4 Å². The Morgan fingerprint density at radius 1 is 0.821 bits per heavy atom. The van der Waals surface area contributed by atoms with E-state index in [0.29, 0.717) is 6.42 Å². The van der Waals surface area contributed by atoms with Gasteiger partial charge in [-0.2, -0.15) is 13.2 Å². The molecule has 3 aromatic carbocycles. The van der Waals surface area contributed by atoms with Crippen LogP contribution in [0.2, 0.25) is 0 Å². The van der Waals surface area contributed by atoms with E-state index < -0.39 is 11.7 Å². The number of benzene rings is 3. The van der Waals surface area contributed by atoms with Crippen molar-refractivity contribution in [2.24, 2.45) is 4.99 Å². The van der Waals surface area contributed by atoms with Gasteiger partial charge in [-0.25, -0.2) is 0 Å². The predicted molar refractivity (Wildman–Crippen MR) is 108 cm³/mol. The van der Waals surface area contributed by atoms with Crippen LogP contribution < -0.4 is 0 Å². The first kappa shape index (κ1) is 19.6. The highest BCUT2D eigenvalue weighted by atomic mass is 19.4. The first-order valence-corrected chi connectivity index (χ1v) is 8.95. The highest BCUT2D eigenvalue weighted by Crippen LogP contribution is 2.31. The van der Waals surface area contributed by atoms with Crippen molar-refractivity contribution in [2.75, 3.05) is 0 Å². The van der Waals surface area contributed by atoms with Crippen LogP contribution in [-0.2, 0) is 6.18 Å². The molecule has 0 saturated carbocycles. The minimum atomic E-state index is -4.35. The van der Waals surface area contributed by atoms with E-state index >= 15 is 0 Å². The molecule has 0 aromatic heterocycles. The monoisotopic (exact) mass is 379 g/mol. The third-order valence-electron chi connectivity index (χ3n) is 4.39. The molecule has 1 nitrogen and oxygen atoms in total. The molecule has 1 atom stereocenters. The maximum atomic E-state index is 12.9. The minimum Gasteiger partial charge on any atom is -0.276 e. The summed E-state index contributed by atoms with van der Waals surface area (Å²) in [6, 6.07) is 24.4. The van der Waals surface area contributed by atoms with E-state index in [0.717, 1.165) is 34.5 Å². The van der Waals surface area contributed by atoms with Crippen LogP contribution in [0.5, 0.6) is 0 Å².